The molecule has 1 rings (SSSR count). The van der Waals surface area contributed by atoms with E-state index in [-0.39, 0.29) is 11.8 Å². The minimum atomic E-state index is -0.0963. The van der Waals surface area contributed by atoms with Gasteiger partial charge in [-0.1, -0.05) is 26.0 Å². The number of carbonyl (C=O) groups is 2. The first-order valence-corrected chi connectivity index (χ1v) is 6.91. The molecule has 0 radical (unpaired) electrons. The van der Waals surface area contributed by atoms with Crippen LogP contribution >= 0.6 is 0 Å². The van der Waals surface area contributed by atoms with Gasteiger partial charge in [0.15, 0.2) is 0 Å². The van der Waals surface area contributed by atoms with Gasteiger partial charge in [0.2, 0.25) is 11.8 Å². The normalized spacial score (nSPS) is 10.4. The van der Waals surface area contributed by atoms with Crippen molar-refractivity contribution in [1.29, 1.82) is 0 Å². The highest BCUT2D eigenvalue weighted by atomic mass is 16.2. The quantitative estimate of drug-likeness (QED) is 0.715. The van der Waals surface area contributed by atoms with Crippen LogP contribution in [0.1, 0.15) is 33.1 Å². The summed E-state index contributed by atoms with van der Waals surface area (Å²) in [5, 5.41) is 5.62. The highest BCUT2D eigenvalue weighted by molar-refractivity contribution is 5.99. The van der Waals surface area contributed by atoms with E-state index in [1.807, 2.05) is 26.0 Å². The third-order valence-electron chi connectivity index (χ3n) is 2.68. The number of anilines is 2. The van der Waals surface area contributed by atoms with Crippen molar-refractivity contribution < 1.29 is 9.59 Å². The molecule has 0 saturated heterocycles. The van der Waals surface area contributed by atoms with Gasteiger partial charge in [-0.05, 0) is 31.0 Å². The van der Waals surface area contributed by atoms with Crippen molar-refractivity contribution in [2.24, 2.45) is 11.7 Å². The number of hydrogen-bond acceptors (Lipinski definition) is 3. The van der Waals surface area contributed by atoms with Gasteiger partial charge >= 0.3 is 0 Å². The molecular weight excluding hydrogens is 254 g/mol. The molecule has 5 nitrogen and oxygen atoms in total. The number of carbonyl (C=O) groups excluding carboxylic acids is 2. The van der Waals surface area contributed by atoms with Crippen molar-refractivity contribution in [3.05, 3.63) is 24.3 Å². The monoisotopic (exact) mass is 277 g/mol. The fourth-order valence-corrected chi connectivity index (χ4v) is 1.75. The predicted octanol–water partition coefficient (Wildman–Crippen LogP) is 2.35. The van der Waals surface area contributed by atoms with E-state index in [0.29, 0.717) is 43.1 Å². The van der Waals surface area contributed by atoms with Gasteiger partial charge in [-0.3, -0.25) is 9.59 Å². The summed E-state index contributed by atoms with van der Waals surface area (Å²) in [6.45, 7) is 4.46. The van der Waals surface area contributed by atoms with Crippen molar-refractivity contribution >= 4 is 23.2 Å². The molecule has 0 heterocycles. The molecule has 20 heavy (non-hydrogen) atoms. The maximum Gasteiger partial charge on any atom is 0.224 e. The number of hydrogen-bond donors (Lipinski definition) is 3. The first-order valence-electron chi connectivity index (χ1n) is 6.91. The maximum atomic E-state index is 11.8. The van der Waals surface area contributed by atoms with Crippen LogP contribution in [-0.2, 0) is 9.59 Å². The van der Waals surface area contributed by atoms with Crippen molar-refractivity contribution in [3.8, 4) is 0 Å². The summed E-state index contributed by atoms with van der Waals surface area (Å²) >= 11 is 0. The minimum Gasteiger partial charge on any atom is -0.330 e. The summed E-state index contributed by atoms with van der Waals surface area (Å²) in [7, 11) is 0. The Labute approximate surface area is 119 Å². The second kappa shape index (κ2) is 8.32. The Morgan fingerprint density at radius 2 is 1.65 bits per heavy atom. The van der Waals surface area contributed by atoms with Crippen molar-refractivity contribution in [2.45, 2.75) is 33.1 Å². The standard InChI is InChI=1S/C15H23N3O2/c1-11(2)10-15(20)18-13-7-4-3-6-12(13)17-14(19)8-5-9-16/h3-4,6-7,11H,5,8-10,16H2,1-2H3,(H,17,19)(H,18,20). The van der Waals surface area contributed by atoms with Gasteiger partial charge in [0.1, 0.15) is 0 Å². The smallest absolute Gasteiger partial charge is 0.224 e. The lowest BCUT2D eigenvalue weighted by molar-refractivity contribution is -0.117. The largest absolute Gasteiger partial charge is 0.330 e. The molecular formula is C15H23N3O2. The van der Waals surface area contributed by atoms with Crippen molar-refractivity contribution in [1.82, 2.24) is 0 Å². The third-order valence-corrected chi connectivity index (χ3v) is 2.68. The molecule has 2 amide bonds. The highest BCUT2D eigenvalue weighted by Gasteiger charge is 2.10. The van der Waals surface area contributed by atoms with Gasteiger partial charge in [0.05, 0.1) is 11.4 Å². The van der Waals surface area contributed by atoms with Gasteiger partial charge in [-0.15, -0.1) is 0 Å². The van der Waals surface area contributed by atoms with Crippen molar-refractivity contribution in [2.75, 3.05) is 17.2 Å². The Balaban J connectivity index is 2.68. The molecule has 0 aliphatic rings. The lowest BCUT2D eigenvalue weighted by atomic mass is 10.1. The molecule has 0 unspecified atom stereocenters. The molecule has 1 aromatic rings. The van der Waals surface area contributed by atoms with Crippen LogP contribution in [0.25, 0.3) is 0 Å². The molecule has 0 aliphatic carbocycles. The average molecular weight is 277 g/mol. The van der Waals surface area contributed by atoms with E-state index in [4.69, 9.17) is 5.73 Å². The van der Waals surface area contributed by atoms with Crippen LogP contribution in [0.15, 0.2) is 24.3 Å². The zero-order valence-corrected chi connectivity index (χ0v) is 12.1. The van der Waals surface area contributed by atoms with Gasteiger partial charge in [-0.25, -0.2) is 0 Å². The molecule has 0 fully saturated rings. The number of amides is 2. The Bertz CT molecular complexity index is 458. The van der Waals surface area contributed by atoms with Crippen LogP contribution in [0.2, 0.25) is 0 Å². The zero-order chi connectivity index (χ0) is 15.0. The Morgan fingerprint density at radius 3 is 2.15 bits per heavy atom. The fourth-order valence-electron chi connectivity index (χ4n) is 1.75. The van der Waals surface area contributed by atoms with E-state index >= 15 is 0 Å². The van der Waals surface area contributed by atoms with E-state index in [2.05, 4.69) is 10.6 Å². The lowest BCUT2D eigenvalue weighted by Gasteiger charge is -2.13. The van der Waals surface area contributed by atoms with Crippen LogP contribution < -0.4 is 16.4 Å². The Kier molecular flexibility index (Phi) is 6.73. The van der Waals surface area contributed by atoms with Crippen LogP contribution in [-0.4, -0.2) is 18.4 Å². The number of nitrogens with one attached hydrogen (secondary N) is 2. The second-order valence-electron chi connectivity index (χ2n) is 5.13. The van der Waals surface area contributed by atoms with Crippen LogP contribution in [0, 0.1) is 5.92 Å². The van der Waals surface area contributed by atoms with Crippen molar-refractivity contribution in [3.63, 3.8) is 0 Å². The number of rotatable bonds is 7. The van der Waals surface area contributed by atoms with Crippen LogP contribution in [0.5, 0.6) is 0 Å². The highest BCUT2D eigenvalue weighted by Crippen LogP contribution is 2.21. The van der Waals surface area contributed by atoms with Gasteiger partial charge in [0, 0.05) is 12.8 Å². The molecule has 0 spiro atoms. The zero-order valence-electron chi connectivity index (χ0n) is 12.1. The lowest BCUT2D eigenvalue weighted by Crippen LogP contribution is -2.18. The molecule has 0 saturated carbocycles. The average Bonchev–Trinajstić information content (AvgIpc) is 2.37. The SMILES string of the molecule is CC(C)CC(=O)Nc1ccccc1NC(=O)CCCN. The second-order valence-corrected chi connectivity index (χ2v) is 5.13. The fraction of sp³-hybridized carbons (Fsp3) is 0.467. The molecule has 0 bridgehead atoms. The molecule has 110 valence electrons. The van der Waals surface area contributed by atoms with Crippen LogP contribution in [0.3, 0.4) is 0 Å². The molecule has 0 atom stereocenters. The molecule has 0 aromatic heterocycles. The summed E-state index contributed by atoms with van der Waals surface area (Å²) in [5.41, 5.74) is 6.62. The summed E-state index contributed by atoms with van der Waals surface area (Å²) in [6, 6.07) is 7.18. The number of benzene rings is 1. The topological polar surface area (TPSA) is 84.2 Å². The number of para-hydroxylation sites is 2. The summed E-state index contributed by atoms with van der Waals surface area (Å²) in [5.74, 6) is 0.144. The van der Waals surface area contributed by atoms with E-state index in [9.17, 15) is 9.59 Å². The minimum absolute atomic E-state index is 0.0522. The Hall–Kier alpha value is -1.88. The molecule has 1 aromatic carbocycles. The van der Waals surface area contributed by atoms with Crippen LogP contribution in [0.4, 0.5) is 11.4 Å². The van der Waals surface area contributed by atoms with Gasteiger partial charge < -0.3 is 16.4 Å². The summed E-state index contributed by atoms with van der Waals surface area (Å²) in [4.78, 5) is 23.5. The molecule has 5 heteroatoms. The van der Waals surface area contributed by atoms with Gasteiger partial charge in [-0.2, -0.15) is 0 Å². The Morgan fingerprint density at radius 1 is 1.10 bits per heavy atom. The van der Waals surface area contributed by atoms with E-state index in [1.165, 1.54) is 0 Å². The third kappa shape index (κ3) is 5.84. The summed E-state index contributed by atoms with van der Waals surface area (Å²) in [6.07, 6.45) is 1.48. The van der Waals surface area contributed by atoms with E-state index in [0.717, 1.165) is 0 Å². The van der Waals surface area contributed by atoms with E-state index < -0.39 is 0 Å². The number of nitrogens with two attached hydrogens (primary N) is 1. The van der Waals surface area contributed by atoms with Gasteiger partial charge in [0.25, 0.3) is 0 Å². The first-order chi connectivity index (χ1) is 9.52. The molecule has 4 N–H and O–H groups in total. The predicted molar refractivity (Wildman–Crippen MR) is 81.4 cm³/mol. The maximum absolute atomic E-state index is 11.8. The van der Waals surface area contributed by atoms with E-state index in [1.54, 1.807) is 12.1 Å². The molecule has 0 aliphatic heterocycles. The summed E-state index contributed by atoms with van der Waals surface area (Å²) < 4.78 is 0. The first kappa shape index (κ1) is 16.2.